The number of alkyl halides is 1. The number of Topliss-reactive ketones (excluding diaryl/α,β-unsaturated/α-hetero) is 1. The Morgan fingerprint density at radius 1 is 1.47 bits per heavy atom. The number of ether oxygens (including phenoxy) is 1. The summed E-state index contributed by atoms with van der Waals surface area (Å²) in [6, 6.07) is 1.94. The van der Waals surface area contributed by atoms with Crippen LogP contribution in [0.2, 0.25) is 0 Å². The van der Waals surface area contributed by atoms with Crippen LogP contribution in [0.3, 0.4) is 0 Å². The number of benzene rings is 1. The first kappa shape index (κ1) is 10.7. The van der Waals surface area contributed by atoms with Gasteiger partial charge in [-0.15, -0.1) is 0 Å². The van der Waals surface area contributed by atoms with Crippen molar-refractivity contribution < 1.29 is 9.53 Å². The molecule has 0 N–H and O–H groups in total. The number of methoxy groups -OCH3 is 1. The van der Waals surface area contributed by atoms with Gasteiger partial charge in [0.1, 0.15) is 5.75 Å². The van der Waals surface area contributed by atoms with Crippen molar-refractivity contribution in [3.63, 3.8) is 0 Å². The van der Waals surface area contributed by atoms with E-state index < -0.39 is 0 Å². The third-order valence-corrected chi connectivity index (χ3v) is 3.71. The Hall–Kier alpha value is -0.830. The number of ketones is 1. The van der Waals surface area contributed by atoms with Crippen LogP contribution in [0.15, 0.2) is 6.07 Å². The van der Waals surface area contributed by atoms with Gasteiger partial charge in [0, 0.05) is 5.56 Å². The highest BCUT2D eigenvalue weighted by Gasteiger charge is 2.31. The Balaban J connectivity index is 2.66. The lowest BCUT2D eigenvalue weighted by molar-refractivity contribution is 0.100. The molecule has 0 fully saturated rings. The topological polar surface area (TPSA) is 26.3 Å². The monoisotopic (exact) mass is 268 g/mol. The summed E-state index contributed by atoms with van der Waals surface area (Å²) < 4.78 is 5.34. The number of hydrogen-bond donors (Lipinski definition) is 0. The molecule has 1 unspecified atom stereocenters. The molecule has 0 heterocycles. The number of halogens is 1. The highest BCUT2D eigenvalue weighted by Crippen LogP contribution is 2.36. The van der Waals surface area contributed by atoms with E-state index in [-0.39, 0.29) is 10.6 Å². The van der Waals surface area contributed by atoms with Gasteiger partial charge in [-0.25, -0.2) is 0 Å². The van der Waals surface area contributed by atoms with Crippen LogP contribution in [0.5, 0.6) is 5.75 Å². The van der Waals surface area contributed by atoms with Crippen LogP contribution in [0, 0.1) is 13.8 Å². The molecule has 0 bridgehead atoms. The SMILES string of the molecule is COc1c(C)cc2c(c1C)CC(Br)C2=O. The van der Waals surface area contributed by atoms with Crippen LogP contribution in [-0.4, -0.2) is 17.7 Å². The fourth-order valence-electron chi connectivity index (χ4n) is 2.24. The standard InChI is InChI=1S/C12H13BrO2/c1-6-4-9-8(5-10(13)11(9)14)7(2)12(6)15-3/h4,10H,5H2,1-3H3. The zero-order chi connectivity index (χ0) is 11.2. The van der Waals surface area contributed by atoms with Gasteiger partial charge in [-0.05, 0) is 43.0 Å². The van der Waals surface area contributed by atoms with Gasteiger partial charge in [-0.1, -0.05) is 15.9 Å². The van der Waals surface area contributed by atoms with Crippen LogP contribution in [0.25, 0.3) is 0 Å². The summed E-state index contributed by atoms with van der Waals surface area (Å²) in [6.45, 7) is 3.99. The van der Waals surface area contributed by atoms with Gasteiger partial charge in [0.15, 0.2) is 5.78 Å². The van der Waals surface area contributed by atoms with Gasteiger partial charge >= 0.3 is 0 Å². The molecule has 1 aromatic rings. The zero-order valence-electron chi connectivity index (χ0n) is 9.06. The van der Waals surface area contributed by atoms with Crippen molar-refractivity contribution in [1.29, 1.82) is 0 Å². The summed E-state index contributed by atoms with van der Waals surface area (Å²) in [7, 11) is 1.67. The first-order valence-electron chi connectivity index (χ1n) is 4.91. The molecule has 0 aromatic heterocycles. The van der Waals surface area contributed by atoms with E-state index in [9.17, 15) is 4.79 Å². The Morgan fingerprint density at radius 2 is 2.13 bits per heavy atom. The molecule has 0 radical (unpaired) electrons. The maximum atomic E-state index is 11.8. The van der Waals surface area contributed by atoms with Gasteiger partial charge < -0.3 is 4.74 Å². The van der Waals surface area contributed by atoms with E-state index in [1.807, 2.05) is 19.9 Å². The van der Waals surface area contributed by atoms with Crippen LogP contribution >= 0.6 is 15.9 Å². The van der Waals surface area contributed by atoms with Gasteiger partial charge in [0.05, 0.1) is 11.9 Å². The summed E-state index contributed by atoms with van der Waals surface area (Å²) in [6.07, 6.45) is 0.774. The lowest BCUT2D eigenvalue weighted by atomic mass is 9.99. The lowest BCUT2D eigenvalue weighted by Crippen LogP contribution is -2.06. The average molecular weight is 269 g/mol. The minimum Gasteiger partial charge on any atom is -0.496 e. The first-order chi connectivity index (χ1) is 7.06. The smallest absolute Gasteiger partial charge is 0.177 e. The molecule has 1 aliphatic rings. The van der Waals surface area contributed by atoms with E-state index in [2.05, 4.69) is 15.9 Å². The van der Waals surface area contributed by atoms with E-state index in [0.29, 0.717) is 0 Å². The second kappa shape index (κ2) is 3.63. The van der Waals surface area contributed by atoms with Crippen molar-refractivity contribution >= 4 is 21.7 Å². The van der Waals surface area contributed by atoms with E-state index in [1.165, 1.54) is 0 Å². The zero-order valence-corrected chi connectivity index (χ0v) is 10.6. The highest BCUT2D eigenvalue weighted by molar-refractivity contribution is 9.10. The van der Waals surface area contributed by atoms with Gasteiger partial charge in [-0.3, -0.25) is 4.79 Å². The summed E-state index contributed by atoms with van der Waals surface area (Å²) in [5.41, 5.74) is 4.11. The van der Waals surface area contributed by atoms with Crippen molar-refractivity contribution in [3.05, 3.63) is 28.3 Å². The quantitative estimate of drug-likeness (QED) is 0.733. The van der Waals surface area contributed by atoms with Gasteiger partial charge in [0.25, 0.3) is 0 Å². The third kappa shape index (κ3) is 1.49. The van der Waals surface area contributed by atoms with E-state index >= 15 is 0 Å². The molecule has 1 aliphatic carbocycles. The summed E-state index contributed by atoms with van der Waals surface area (Å²) in [4.78, 5) is 11.8. The molecule has 2 rings (SSSR count). The van der Waals surface area contributed by atoms with E-state index in [1.54, 1.807) is 7.11 Å². The van der Waals surface area contributed by atoms with Crippen molar-refractivity contribution in [1.82, 2.24) is 0 Å². The average Bonchev–Trinajstić information content (AvgIpc) is 2.46. The maximum Gasteiger partial charge on any atom is 0.177 e. The minimum atomic E-state index is -0.0577. The lowest BCUT2D eigenvalue weighted by Gasteiger charge is -2.12. The molecular weight excluding hydrogens is 256 g/mol. The number of rotatable bonds is 1. The van der Waals surface area contributed by atoms with Crippen molar-refractivity contribution in [2.45, 2.75) is 25.1 Å². The molecule has 2 nitrogen and oxygen atoms in total. The van der Waals surface area contributed by atoms with Crippen molar-refractivity contribution in [3.8, 4) is 5.75 Å². The second-order valence-corrected chi connectivity index (χ2v) is 5.02. The van der Waals surface area contributed by atoms with E-state index in [0.717, 1.165) is 34.4 Å². The number of hydrogen-bond acceptors (Lipinski definition) is 2. The molecule has 0 saturated heterocycles. The Kier molecular flexibility index (Phi) is 2.59. The molecule has 0 saturated carbocycles. The van der Waals surface area contributed by atoms with Crippen LogP contribution in [0.1, 0.15) is 27.0 Å². The Bertz CT molecular complexity index is 438. The predicted molar refractivity (Wildman–Crippen MR) is 63.2 cm³/mol. The Labute approximate surface area is 97.8 Å². The molecule has 3 heteroatoms. The number of aryl methyl sites for hydroxylation is 1. The number of fused-ring (bicyclic) bond motifs is 1. The Morgan fingerprint density at radius 3 is 2.73 bits per heavy atom. The molecule has 80 valence electrons. The normalized spacial score (nSPS) is 19.2. The summed E-state index contributed by atoms with van der Waals surface area (Å²) in [5, 5.41) is 0. The highest BCUT2D eigenvalue weighted by atomic mass is 79.9. The van der Waals surface area contributed by atoms with Crippen molar-refractivity contribution in [2.24, 2.45) is 0 Å². The molecule has 0 aliphatic heterocycles. The van der Waals surface area contributed by atoms with Gasteiger partial charge in [0.2, 0.25) is 0 Å². The van der Waals surface area contributed by atoms with Crippen LogP contribution < -0.4 is 4.74 Å². The minimum absolute atomic E-state index is 0.0577. The molecule has 1 aromatic carbocycles. The second-order valence-electron chi connectivity index (χ2n) is 3.91. The molecule has 1 atom stereocenters. The van der Waals surface area contributed by atoms with E-state index in [4.69, 9.17) is 4.74 Å². The van der Waals surface area contributed by atoms with Crippen molar-refractivity contribution in [2.75, 3.05) is 7.11 Å². The fourth-order valence-corrected chi connectivity index (χ4v) is 2.81. The summed E-state index contributed by atoms with van der Waals surface area (Å²) >= 11 is 3.40. The molecule has 15 heavy (non-hydrogen) atoms. The number of carbonyl (C=O) groups is 1. The molecule has 0 amide bonds. The third-order valence-electron chi connectivity index (χ3n) is 2.97. The van der Waals surface area contributed by atoms with Crippen LogP contribution in [0.4, 0.5) is 0 Å². The largest absolute Gasteiger partial charge is 0.496 e. The summed E-state index contributed by atoms with van der Waals surface area (Å²) in [5.74, 6) is 1.10. The predicted octanol–water partition coefficient (Wildman–Crippen LogP) is 2.81. The number of carbonyl (C=O) groups excluding carboxylic acids is 1. The van der Waals surface area contributed by atoms with Crippen LogP contribution in [-0.2, 0) is 6.42 Å². The van der Waals surface area contributed by atoms with Gasteiger partial charge in [-0.2, -0.15) is 0 Å². The fraction of sp³-hybridized carbons (Fsp3) is 0.417. The molecule has 0 spiro atoms. The molecular formula is C12H13BrO2. The first-order valence-corrected chi connectivity index (χ1v) is 5.83. The maximum absolute atomic E-state index is 11.8.